The third-order valence-electron chi connectivity index (χ3n) is 3.04. The average Bonchev–Trinajstić information content (AvgIpc) is 2.52. The van der Waals surface area contributed by atoms with Crippen LogP contribution in [0.2, 0.25) is 5.02 Å². The number of alkyl halides is 3. The van der Waals surface area contributed by atoms with E-state index < -0.39 is 16.7 Å². The van der Waals surface area contributed by atoms with Crippen molar-refractivity contribution in [3.63, 3.8) is 0 Å². The van der Waals surface area contributed by atoms with Crippen molar-refractivity contribution in [1.82, 2.24) is 0 Å². The first-order valence-corrected chi connectivity index (χ1v) is 7.05. The summed E-state index contributed by atoms with van der Waals surface area (Å²) in [6, 6.07) is 8.32. The lowest BCUT2D eigenvalue weighted by atomic mass is 10.1. The van der Waals surface area contributed by atoms with Crippen molar-refractivity contribution in [3.05, 3.63) is 68.7 Å². The number of non-ortho nitro benzene ring substituents is 1. The third-order valence-corrected chi connectivity index (χ3v) is 3.39. The van der Waals surface area contributed by atoms with Crippen LogP contribution in [-0.2, 0) is 17.5 Å². The number of benzene rings is 2. The van der Waals surface area contributed by atoms with E-state index >= 15 is 0 Å². The number of rotatable bonds is 6. The molecule has 9 heteroatoms. The molecule has 2 aromatic rings. The van der Waals surface area contributed by atoms with Crippen LogP contribution in [0.5, 0.6) is 5.75 Å². The smallest absolute Gasteiger partial charge is 0.338 e. The van der Waals surface area contributed by atoms with Gasteiger partial charge >= 0.3 is 6.18 Å². The minimum absolute atomic E-state index is 0.0104. The van der Waals surface area contributed by atoms with Gasteiger partial charge in [0.15, 0.2) is 5.75 Å². The first-order chi connectivity index (χ1) is 11.3. The largest absolute Gasteiger partial charge is 0.416 e. The van der Waals surface area contributed by atoms with Gasteiger partial charge in [0.25, 0.3) is 5.69 Å². The van der Waals surface area contributed by atoms with Gasteiger partial charge in [0.05, 0.1) is 17.1 Å². The summed E-state index contributed by atoms with van der Waals surface area (Å²) in [5.41, 5.74) is -0.421. The molecule has 0 aromatic heterocycles. The first-order valence-electron chi connectivity index (χ1n) is 6.67. The van der Waals surface area contributed by atoms with E-state index in [1.54, 1.807) is 0 Å². The van der Waals surface area contributed by atoms with Gasteiger partial charge in [-0.3, -0.25) is 10.1 Å². The van der Waals surface area contributed by atoms with Crippen molar-refractivity contribution in [2.24, 2.45) is 0 Å². The van der Waals surface area contributed by atoms with E-state index in [2.05, 4.69) is 0 Å². The molecule has 24 heavy (non-hydrogen) atoms. The van der Waals surface area contributed by atoms with Crippen LogP contribution in [-0.4, -0.2) is 11.5 Å². The zero-order valence-electron chi connectivity index (χ0n) is 12.0. The van der Waals surface area contributed by atoms with Crippen molar-refractivity contribution in [2.75, 3.05) is 6.61 Å². The SMILES string of the molecule is O=[N+]([O-])c1ccc(OOCCc2ccc(C(F)(F)F)cc2Cl)cc1. The van der Waals surface area contributed by atoms with Gasteiger partial charge in [-0.1, -0.05) is 17.7 Å². The van der Waals surface area contributed by atoms with Crippen LogP contribution in [0.15, 0.2) is 42.5 Å². The van der Waals surface area contributed by atoms with Gasteiger partial charge < -0.3 is 4.89 Å². The summed E-state index contributed by atoms with van der Waals surface area (Å²) in [7, 11) is 0. The lowest BCUT2D eigenvalue weighted by Gasteiger charge is -2.10. The maximum absolute atomic E-state index is 12.5. The summed E-state index contributed by atoms with van der Waals surface area (Å²) in [4.78, 5) is 19.8. The fourth-order valence-corrected chi connectivity index (χ4v) is 2.09. The van der Waals surface area contributed by atoms with Crippen LogP contribution in [0.3, 0.4) is 0 Å². The maximum atomic E-state index is 12.5. The summed E-state index contributed by atoms with van der Waals surface area (Å²) in [6.45, 7) is 0.0437. The minimum atomic E-state index is -4.45. The Bertz CT molecular complexity index is 720. The van der Waals surface area contributed by atoms with E-state index in [-0.39, 0.29) is 29.5 Å². The molecular weight excluding hydrogens is 351 g/mol. The van der Waals surface area contributed by atoms with E-state index in [9.17, 15) is 23.3 Å². The Morgan fingerprint density at radius 2 is 1.79 bits per heavy atom. The fraction of sp³-hybridized carbons (Fsp3) is 0.200. The van der Waals surface area contributed by atoms with Gasteiger partial charge in [0, 0.05) is 23.6 Å². The highest BCUT2D eigenvalue weighted by molar-refractivity contribution is 6.31. The first kappa shape index (κ1) is 18.0. The van der Waals surface area contributed by atoms with Crippen molar-refractivity contribution in [3.8, 4) is 5.75 Å². The summed E-state index contributed by atoms with van der Waals surface area (Å²) >= 11 is 5.82. The molecule has 0 aliphatic heterocycles. The van der Waals surface area contributed by atoms with Crippen LogP contribution in [0.4, 0.5) is 18.9 Å². The second-order valence-electron chi connectivity index (χ2n) is 4.71. The van der Waals surface area contributed by atoms with Gasteiger partial charge in [0.2, 0.25) is 0 Å². The molecule has 5 nitrogen and oxygen atoms in total. The Kier molecular flexibility index (Phi) is 5.63. The van der Waals surface area contributed by atoms with Crippen molar-refractivity contribution >= 4 is 17.3 Å². The van der Waals surface area contributed by atoms with E-state index in [0.717, 1.165) is 12.1 Å². The molecule has 0 atom stereocenters. The van der Waals surface area contributed by atoms with Crippen molar-refractivity contribution in [2.45, 2.75) is 12.6 Å². The molecule has 0 heterocycles. The zero-order chi connectivity index (χ0) is 17.7. The zero-order valence-corrected chi connectivity index (χ0v) is 12.8. The number of nitro groups is 1. The number of halogens is 4. The van der Waals surface area contributed by atoms with Crippen molar-refractivity contribution in [1.29, 1.82) is 0 Å². The van der Waals surface area contributed by atoms with Crippen LogP contribution >= 0.6 is 11.6 Å². The van der Waals surface area contributed by atoms with Crippen LogP contribution in [0.25, 0.3) is 0 Å². The molecule has 0 aliphatic rings. The van der Waals surface area contributed by atoms with E-state index in [1.807, 2.05) is 0 Å². The predicted octanol–water partition coefficient (Wildman–Crippen LogP) is 4.82. The standard InChI is InChI=1S/C15H11ClF3NO4/c16-14-9-11(15(17,18)19)2-1-10(14)7-8-23-24-13-5-3-12(4-6-13)20(21)22/h1-6,9H,7-8H2. The normalized spacial score (nSPS) is 11.3. The third kappa shape index (κ3) is 4.84. The Morgan fingerprint density at radius 3 is 2.33 bits per heavy atom. The molecule has 0 fully saturated rings. The molecule has 0 amide bonds. The van der Waals surface area contributed by atoms with Gasteiger partial charge in [0.1, 0.15) is 0 Å². The molecule has 2 rings (SSSR count). The highest BCUT2D eigenvalue weighted by Gasteiger charge is 2.30. The lowest BCUT2D eigenvalue weighted by Crippen LogP contribution is -2.06. The van der Waals surface area contributed by atoms with Crippen LogP contribution < -0.4 is 4.89 Å². The number of hydrogen-bond acceptors (Lipinski definition) is 4. The van der Waals surface area contributed by atoms with Crippen molar-refractivity contribution < 1.29 is 27.9 Å². The Balaban J connectivity index is 1.85. The molecule has 0 saturated heterocycles. The summed E-state index contributed by atoms with van der Waals surface area (Å²) in [5, 5.41) is 10.5. The molecule has 0 aliphatic carbocycles. The molecule has 2 aromatic carbocycles. The van der Waals surface area contributed by atoms with E-state index in [4.69, 9.17) is 21.4 Å². The summed E-state index contributed by atoms with van der Waals surface area (Å²) in [6.07, 6.45) is -4.21. The van der Waals surface area contributed by atoms with E-state index in [0.29, 0.717) is 5.56 Å². The fourth-order valence-electron chi connectivity index (χ4n) is 1.81. The van der Waals surface area contributed by atoms with E-state index in [1.165, 1.54) is 30.3 Å². The second kappa shape index (κ2) is 7.50. The molecule has 128 valence electrons. The van der Waals surface area contributed by atoms with Gasteiger partial charge in [-0.15, -0.1) is 0 Å². The topological polar surface area (TPSA) is 61.6 Å². The Morgan fingerprint density at radius 1 is 1.12 bits per heavy atom. The molecular formula is C15H11ClF3NO4. The molecule has 0 unspecified atom stereocenters. The minimum Gasteiger partial charge on any atom is -0.338 e. The average molecular weight is 362 g/mol. The Hall–Kier alpha value is -2.32. The van der Waals surface area contributed by atoms with Gasteiger partial charge in [-0.25, -0.2) is 0 Å². The maximum Gasteiger partial charge on any atom is 0.416 e. The number of hydrogen-bond donors (Lipinski definition) is 0. The Labute approximate surface area is 139 Å². The number of nitro benzene ring substituents is 1. The quantitative estimate of drug-likeness (QED) is 0.320. The van der Waals surface area contributed by atoms with Crippen LogP contribution in [0.1, 0.15) is 11.1 Å². The monoisotopic (exact) mass is 361 g/mol. The van der Waals surface area contributed by atoms with Crippen LogP contribution in [0, 0.1) is 10.1 Å². The summed E-state index contributed by atoms with van der Waals surface area (Å²) < 4.78 is 37.6. The molecule has 0 radical (unpaired) electrons. The number of nitrogens with zero attached hydrogens (tertiary/aromatic N) is 1. The van der Waals surface area contributed by atoms with Gasteiger partial charge in [-0.05, 0) is 29.8 Å². The molecule has 0 spiro atoms. The lowest BCUT2D eigenvalue weighted by molar-refractivity contribution is -0.384. The highest BCUT2D eigenvalue weighted by Crippen LogP contribution is 2.32. The molecule has 0 N–H and O–H groups in total. The molecule has 0 saturated carbocycles. The highest BCUT2D eigenvalue weighted by atomic mass is 35.5. The molecule has 0 bridgehead atoms. The van der Waals surface area contributed by atoms with Gasteiger partial charge in [-0.2, -0.15) is 18.1 Å². The summed E-state index contributed by atoms with van der Waals surface area (Å²) in [5.74, 6) is 0.263. The predicted molar refractivity (Wildman–Crippen MR) is 79.8 cm³/mol. The second-order valence-corrected chi connectivity index (χ2v) is 5.12.